The van der Waals surface area contributed by atoms with Gasteiger partial charge in [0, 0.05) is 4.88 Å². The van der Waals surface area contributed by atoms with Crippen LogP contribution in [0.4, 0.5) is 0 Å². The van der Waals surface area contributed by atoms with Crippen molar-refractivity contribution in [1.29, 1.82) is 0 Å². The molecule has 2 nitrogen and oxygen atoms in total. The van der Waals surface area contributed by atoms with Gasteiger partial charge >= 0.3 is 0 Å². The van der Waals surface area contributed by atoms with E-state index in [0.29, 0.717) is 5.75 Å². The first-order valence-corrected chi connectivity index (χ1v) is 8.89. The topological polar surface area (TPSA) is 29.1 Å². The molecule has 1 aromatic heterocycles. The Bertz CT molecular complexity index is 368. The number of amides is 1. The van der Waals surface area contributed by atoms with Gasteiger partial charge in [-0.25, -0.2) is 0 Å². The first kappa shape index (κ1) is 16.6. The van der Waals surface area contributed by atoms with Crippen LogP contribution in [0, 0.1) is 5.41 Å². The molecule has 0 aliphatic heterocycles. The molecule has 0 aliphatic rings. The molecule has 0 aliphatic carbocycles. The summed E-state index contributed by atoms with van der Waals surface area (Å²) in [5.74, 6) is 1.79. The van der Waals surface area contributed by atoms with Crippen LogP contribution in [0.5, 0.6) is 0 Å². The minimum absolute atomic E-state index is 0.0363. The Labute approximate surface area is 125 Å². The Hall–Kier alpha value is -0.480. The van der Waals surface area contributed by atoms with Crippen molar-refractivity contribution in [3.8, 4) is 0 Å². The zero-order chi connectivity index (χ0) is 14.3. The van der Waals surface area contributed by atoms with Crippen molar-refractivity contribution in [1.82, 2.24) is 5.32 Å². The lowest BCUT2D eigenvalue weighted by molar-refractivity contribution is -0.120. The van der Waals surface area contributed by atoms with Crippen LogP contribution in [-0.2, 0) is 4.79 Å². The molecule has 0 fully saturated rings. The van der Waals surface area contributed by atoms with Crippen molar-refractivity contribution in [2.75, 3.05) is 11.5 Å². The fourth-order valence-corrected chi connectivity index (χ4v) is 3.71. The Morgan fingerprint density at radius 2 is 2.21 bits per heavy atom. The van der Waals surface area contributed by atoms with E-state index in [4.69, 9.17) is 0 Å². The van der Waals surface area contributed by atoms with Gasteiger partial charge in [-0.15, -0.1) is 11.3 Å². The highest BCUT2D eigenvalue weighted by Crippen LogP contribution is 2.35. The minimum atomic E-state index is 0.0363. The molecule has 0 spiro atoms. The van der Waals surface area contributed by atoms with E-state index in [1.165, 1.54) is 17.7 Å². The Morgan fingerprint density at radius 3 is 2.74 bits per heavy atom. The van der Waals surface area contributed by atoms with Crippen LogP contribution in [0.2, 0.25) is 0 Å². The second-order valence-corrected chi connectivity index (χ2v) is 7.87. The normalized spacial score (nSPS) is 13.3. The largest absolute Gasteiger partial charge is 0.347 e. The lowest BCUT2D eigenvalue weighted by atomic mass is 9.86. The number of thioether (sulfide) groups is 1. The number of hydrogen-bond acceptors (Lipinski definition) is 3. The molecule has 0 radical (unpaired) electrons. The quantitative estimate of drug-likeness (QED) is 0.752. The van der Waals surface area contributed by atoms with E-state index in [1.807, 2.05) is 6.07 Å². The van der Waals surface area contributed by atoms with Gasteiger partial charge in [0.15, 0.2) is 0 Å². The van der Waals surface area contributed by atoms with Crippen molar-refractivity contribution in [3.05, 3.63) is 22.4 Å². The first-order valence-electron chi connectivity index (χ1n) is 6.85. The van der Waals surface area contributed by atoms with Gasteiger partial charge in [-0.05, 0) is 29.0 Å². The Kier molecular flexibility index (Phi) is 6.94. The number of hydrogen-bond donors (Lipinski definition) is 1. The Balaban J connectivity index is 2.52. The van der Waals surface area contributed by atoms with Gasteiger partial charge in [0.2, 0.25) is 5.91 Å². The lowest BCUT2D eigenvalue weighted by Crippen LogP contribution is -2.37. The van der Waals surface area contributed by atoms with Crippen molar-refractivity contribution < 1.29 is 4.79 Å². The molecule has 19 heavy (non-hydrogen) atoms. The summed E-state index contributed by atoms with van der Waals surface area (Å²) in [6.07, 6.45) is 2.38. The van der Waals surface area contributed by atoms with E-state index in [0.717, 1.165) is 5.75 Å². The molecule has 4 heteroatoms. The van der Waals surface area contributed by atoms with E-state index in [2.05, 4.69) is 44.5 Å². The molecule has 0 aromatic carbocycles. The SMILES string of the molecule is CCCCSCC(=O)NC(c1cccs1)C(C)(C)C. The van der Waals surface area contributed by atoms with Crippen LogP contribution in [0.25, 0.3) is 0 Å². The van der Waals surface area contributed by atoms with E-state index in [-0.39, 0.29) is 17.4 Å². The summed E-state index contributed by atoms with van der Waals surface area (Å²) in [5, 5.41) is 5.25. The van der Waals surface area contributed by atoms with Crippen molar-refractivity contribution in [2.45, 2.75) is 46.6 Å². The molecule has 108 valence electrons. The van der Waals surface area contributed by atoms with Gasteiger partial charge in [0.25, 0.3) is 0 Å². The molecule has 1 heterocycles. The van der Waals surface area contributed by atoms with Crippen LogP contribution < -0.4 is 5.32 Å². The highest BCUT2D eigenvalue weighted by molar-refractivity contribution is 7.99. The van der Waals surface area contributed by atoms with Gasteiger partial charge in [-0.1, -0.05) is 40.2 Å². The third-order valence-corrected chi connectivity index (χ3v) is 4.86. The number of thiophene rings is 1. The summed E-state index contributed by atoms with van der Waals surface area (Å²) in [6, 6.07) is 4.25. The molecule has 0 bridgehead atoms. The third-order valence-electron chi connectivity index (χ3n) is 2.87. The lowest BCUT2D eigenvalue weighted by Gasteiger charge is -2.30. The summed E-state index contributed by atoms with van der Waals surface area (Å²) in [7, 11) is 0. The van der Waals surface area contributed by atoms with E-state index in [1.54, 1.807) is 23.1 Å². The van der Waals surface area contributed by atoms with E-state index < -0.39 is 0 Å². The summed E-state index contributed by atoms with van der Waals surface area (Å²) >= 11 is 3.44. The molecule has 1 aromatic rings. The van der Waals surface area contributed by atoms with Crippen LogP contribution >= 0.6 is 23.1 Å². The van der Waals surface area contributed by atoms with Gasteiger partial charge in [-0.3, -0.25) is 4.79 Å². The van der Waals surface area contributed by atoms with Crippen LogP contribution in [0.3, 0.4) is 0 Å². The summed E-state index contributed by atoms with van der Waals surface area (Å²) < 4.78 is 0. The highest BCUT2D eigenvalue weighted by Gasteiger charge is 2.28. The zero-order valence-electron chi connectivity index (χ0n) is 12.4. The molecule has 0 saturated heterocycles. The van der Waals surface area contributed by atoms with Gasteiger partial charge in [0.1, 0.15) is 0 Å². The average Bonchev–Trinajstić information content (AvgIpc) is 2.83. The number of unbranched alkanes of at least 4 members (excludes halogenated alkanes) is 1. The zero-order valence-corrected chi connectivity index (χ0v) is 14.0. The number of nitrogens with one attached hydrogen (secondary N) is 1. The third kappa shape index (κ3) is 6.00. The maximum absolute atomic E-state index is 12.0. The van der Waals surface area contributed by atoms with Crippen LogP contribution in [0.15, 0.2) is 17.5 Å². The van der Waals surface area contributed by atoms with E-state index >= 15 is 0 Å². The fourth-order valence-electron chi connectivity index (χ4n) is 1.78. The Morgan fingerprint density at radius 1 is 1.47 bits per heavy atom. The molecule has 0 saturated carbocycles. The molecular formula is C15H25NOS2. The molecule has 1 unspecified atom stereocenters. The second kappa shape index (κ2) is 7.95. The molecular weight excluding hydrogens is 274 g/mol. The van der Waals surface area contributed by atoms with Gasteiger partial charge < -0.3 is 5.32 Å². The summed E-state index contributed by atoms with van der Waals surface area (Å²) in [5.41, 5.74) is 0.0363. The molecule has 1 rings (SSSR count). The van der Waals surface area contributed by atoms with E-state index in [9.17, 15) is 4.79 Å². The average molecular weight is 300 g/mol. The summed E-state index contributed by atoms with van der Waals surface area (Å²) in [4.78, 5) is 13.3. The van der Waals surface area contributed by atoms with Gasteiger partial charge in [0.05, 0.1) is 11.8 Å². The minimum Gasteiger partial charge on any atom is -0.347 e. The summed E-state index contributed by atoms with van der Waals surface area (Å²) in [6.45, 7) is 8.68. The second-order valence-electron chi connectivity index (χ2n) is 5.79. The first-order chi connectivity index (χ1) is 8.95. The van der Waals surface area contributed by atoms with Gasteiger partial charge in [-0.2, -0.15) is 11.8 Å². The smallest absolute Gasteiger partial charge is 0.230 e. The molecule has 1 amide bonds. The highest BCUT2D eigenvalue weighted by atomic mass is 32.2. The van der Waals surface area contributed by atoms with Crippen molar-refractivity contribution in [3.63, 3.8) is 0 Å². The number of carbonyl (C=O) groups excluding carboxylic acids is 1. The van der Waals surface area contributed by atoms with Crippen molar-refractivity contribution in [2.24, 2.45) is 5.41 Å². The number of carbonyl (C=O) groups is 1. The fraction of sp³-hybridized carbons (Fsp3) is 0.667. The maximum Gasteiger partial charge on any atom is 0.230 e. The predicted molar refractivity (Wildman–Crippen MR) is 86.9 cm³/mol. The standard InChI is InChI=1S/C15H25NOS2/c1-5-6-9-18-11-13(17)16-14(15(2,3)4)12-8-7-10-19-12/h7-8,10,14H,5-6,9,11H2,1-4H3,(H,16,17). The predicted octanol–water partition coefficient (Wildman–Crippen LogP) is 4.48. The molecule has 1 atom stereocenters. The van der Waals surface area contributed by atoms with Crippen LogP contribution in [0.1, 0.15) is 51.5 Å². The van der Waals surface area contributed by atoms with Crippen molar-refractivity contribution >= 4 is 29.0 Å². The molecule has 1 N–H and O–H groups in total. The maximum atomic E-state index is 12.0. The number of rotatable bonds is 7. The monoisotopic (exact) mass is 299 g/mol. The van der Waals surface area contributed by atoms with Crippen LogP contribution in [-0.4, -0.2) is 17.4 Å².